The smallest absolute Gasteiger partial charge is 0.319 e. The van der Waals surface area contributed by atoms with Crippen LogP contribution in [-0.4, -0.2) is 11.1 Å². The highest BCUT2D eigenvalue weighted by atomic mass is 19.1. The van der Waals surface area contributed by atoms with Crippen molar-refractivity contribution in [1.82, 2.24) is 5.32 Å². The number of aliphatic hydroxyl groups is 1. The molecule has 0 aliphatic rings. The van der Waals surface area contributed by atoms with Crippen molar-refractivity contribution in [2.45, 2.75) is 19.6 Å². The first kappa shape index (κ1) is 15.0. The van der Waals surface area contributed by atoms with E-state index >= 15 is 0 Å². The molecule has 2 amide bonds. The molecule has 0 spiro atoms. The number of carbonyl (C=O) groups is 1. The molecule has 4 nitrogen and oxygen atoms in total. The molecule has 5 heteroatoms. The second-order valence-corrected chi connectivity index (χ2v) is 4.74. The van der Waals surface area contributed by atoms with E-state index in [0.29, 0.717) is 12.2 Å². The highest BCUT2D eigenvalue weighted by Gasteiger charge is 2.05. The normalized spacial score (nSPS) is 11.8. The van der Waals surface area contributed by atoms with Crippen molar-refractivity contribution in [1.29, 1.82) is 0 Å². The Labute approximate surface area is 122 Å². The zero-order valence-corrected chi connectivity index (χ0v) is 11.6. The van der Waals surface area contributed by atoms with Gasteiger partial charge in [0, 0.05) is 12.2 Å². The third kappa shape index (κ3) is 4.57. The lowest BCUT2D eigenvalue weighted by Gasteiger charge is -2.10. The average molecular weight is 288 g/mol. The molecule has 0 heterocycles. The second-order valence-electron chi connectivity index (χ2n) is 4.74. The summed E-state index contributed by atoms with van der Waals surface area (Å²) < 4.78 is 12.8. The van der Waals surface area contributed by atoms with Crippen molar-refractivity contribution in [3.05, 3.63) is 65.5 Å². The van der Waals surface area contributed by atoms with Crippen LogP contribution >= 0.6 is 0 Å². The predicted octanol–water partition coefficient (Wildman–Crippen LogP) is 3.20. The minimum atomic E-state index is -0.589. The van der Waals surface area contributed by atoms with E-state index in [1.54, 1.807) is 43.3 Å². The topological polar surface area (TPSA) is 61.4 Å². The van der Waals surface area contributed by atoms with Gasteiger partial charge in [0.15, 0.2) is 0 Å². The number of benzene rings is 2. The van der Waals surface area contributed by atoms with Gasteiger partial charge in [-0.3, -0.25) is 0 Å². The van der Waals surface area contributed by atoms with Crippen molar-refractivity contribution in [2.24, 2.45) is 0 Å². The standard InChI is InChI=1S/C16H17FN2O2/c1-11(20)13-3-2-4-15(9-13)19-16(21)18-10-12-5-7-14(17)8-6-12/h2-9,11,20H,10H2,1H3,(H2,18,19,21). The summed E-state index contributed by atoms with van der Waals surface area (Å²) in [6.07, 6.45) is -0.589. The molecule has 0 bridgehead atoms. The summed E-state index contributed by atoms with van der Waals surface area (Å²) in [4.78, 5) is 11.8. The molecule has 0 saturated carbocycles. The molecular weight excluding hydrogens is 271 g/mol. The lowest BCUT2D eigenvalue weighted by molar-refractivity contribution is 0.199. The van der Waals surface area contributed by atoms with Crippen LogP contribution in [0.2, 0.25) is 0 Å². The first-order valence-electron chi connectivity index (χ1n) is 6.62. The Hall–Kier alpha value is -2.40. The number of hydrogen-bond donors (Lipinski definition) is 3. The van der Waals surface area contributed by atoms with Gasteiger partial charge in [-0.2, -0.15) is 0 Å². The van der Waals surface area contributed by atoms with Crippen LogP contribution in [0.4, 0.5) is 14.9 Å². The number of rotatable bonds is 4. The molecule has 1 unspecified atom stereocenters. The molecule has 2 rings (SSSR count). The monoisotopic (exact) mass is 288 g/mol. The fraction of sp³-hybridized carbons (Fsp3) is 0.188. The fourth-order valence-electron chi connectivity index (χ4n) is 1.84. The molecule has 0 radical (unpaired) electrons. The highest BCUT2D eigenvalue weighted by Crippen LogP contribution is 2.16. The maximum atomic E-state index is 12.8. The summed E-state index contributed by atoms with van der Waals surface area (Å²) in [7, 11) is 0. The van der Waals surface area contributed by atoms with Crippen LogP contribution in [0.5, 0.6) is 0 Å². The Morgan fingerprint density at radius 3 is 2.62 bits per heavy atom. The van der Waals surface area contributed by atoms with Crippen LogP contribution in [0.1, 0.15) is 24.2 Å². The van der Waals surface area contributed by atoms with Crippen molar-refractivity contribution in [3.8, 4) is 0 Å². The molecular formula is C16H17FN2O2. The Balaban J connectivity index is 1.89. The Bertz CT molecular complexity index is 612. The van der Waals surface area contributed by atoms with Crippen LogP contribution in [0.15, 0.2) is 48.5 Å². The van der Waals surface area contributed by atoms with Gasteiger partial charge in [0.05, 0.1) is 6.10 Å². The second kappa shape index (κ2) is 6.85. The molecule has 0 aliphatic carbocycles. The number of aliphatic hydroxyl groups excluding tert-OH is 1. The van der Waals surface area contributed by atoms with Gasteiger partial charge in [-0.15, -0.1) is 0 Å². The summed E-state index contributed by atoms with van der Waals surface area (Å²) in [6, 6.07) is 12.6. The van der Waals surface area contributed by atoms with E-state index in [9.17, 15) is 14.3 Å². The van der Waals surface area contributed by atoms with Gasteiger partial charge in [-0.1, -0.05) is 24.3 Å². The number of urea groups is 1. The van der Waals surface area contributed by atoms with Gasteiger partial charge in [0.1, 0.15) is 5.82 Å². The SMILES string of the molecule is CC(O)c1cccc(NC(=O)NCc2ccc(F)cc2)c1. The largest absolute Gasteiger partial charge is 0.389 e. The van der Waals surface area contributed by atoms with Crippen molar-refractivity contribution < 1.29 is 14.3 Å². The third-order valence-corrected chi connectivity index (χ3v) is 2.99. The summed E-state index contributed by atoms with van der Waals surface area (Å²) in [5, 5.41) is 14.9. The number of hydrogen-bond acceptors (Lipinski definition) is 2. The summed E-state index contributed by atoms with van der Waals surface area (Å²) in [5.74, 6) is -0.307. The molecule has 21 heavy (non-hydrogen) atoms. The minimum absolute atomic E-state index is 0.307. The zero-order chi connectivity index (χ0) is 15.2. The molecule has 0 saturated heterocycles. The van der Waals surface area contributed by atoms with Gasteiger partial charge in [-0.05, 0) is 42.3 Å². The number of amides is 2. The number of carbonyl (C=O) groups excluding carboxylic acids is 1. The molecule has 110 valence electrons. The highest BCUT2D eigenvalue weighted by molar-refractivity contribution is 5.89. The molecule has 2 aromatic carbocycles. The fourth-order valence-corrected chi connectivity index (χ4v) is 1.84. The van der Waals surface area contributed by atoms with Crippen molar-refractivity contribution in [2.75, 3.05) is 5.32 Å². The summed E-state index contributed by atoms with van der Waals surface area (Å²) in [6.45, 7) is 1.97. The van der Waals surface area contributed by atoms with E-state index in [4.69, 9.17) is 0 Å². The van der Waals surface area contributed by atoms with E-state index in [1.807, 2.05) is 0 Å². The molecule has 2 aromatic rings. The number of nitrogens with one attached hydrogen (secondary N) is 2. The molecule has 0 aliphatic heterocycles. The zero-order valence-electron chi connectivity index (χ0n) is 11.6. The first-order valence-corrected chi connectivity index (χ1v) is 6.62. The summed E-state index contributed by atoms with van der Waals surface area (Å²) in [5.41, 5.74) is 2.14. The lowest BCUT2D eigenvalue weighted by Crippen LogP contribution is -2.28. The van der Waals surface area contributed by atoms with Crippen LogP contribution in [0, 0.1) is 5.82 Å². The van der Waals surface area contributed by atoms with Gasteiger partial charge >= 0.3 is 6.03 Å². The van der Waals surface area contributed by atoms with Gasteiger partial charge < -0.3 is 15.7 Å². The number of anilines is 1. The van der Waals surface area contributed by atoms with E-state index in [2.05, 4.69) is 10.6 Å². The lowest BCUT2D eigenvalue weighted by atomic mass is 10.1. The average Bonchev–Trinajstić information content (AvgIpc) is 2.47. The van der Waals surface area contributed by atoms with Crippen LogP contribution < -0.4 is 10.6 Å². The van der Waals surface area contributed by atoms with E-state index < -0.39 is 6.10 Å². The van der Waals surface area contributed by atoms with Gasteiger partial charge in [0.2, 0.25) is 0 Å². The first-order chi connectivity index (χ1) is 10.0. The van der Waals surface area contributed by atoms with Crippen molar-refractivity contribution in [3.63, 3.8) is 0 Å². The van der Waals surface area contributed by atoms with Crippen LogP contribution in [0.25, 0.3) is 0 Å². The van der Waals surface area contributed by atoms with Gasteiger partial charge in [-0.25, -0.2) is 9.18 Å². The van der Waals surface area contributed by atoms with Crippen LogP contribution in [0.3, 0.4) is 0 Å². The predicted molar refractivity (Wildman–Crippen MR) is 79.3 cm³/mol. The number of halogens is 1. The minimum Gasteiger partial charge on any atom is -0.389 e. The molecule has 1 atom stereocenters. The van der Waals surface area contributed by atoms with Crippen molar-refractivity contribution >= 4 is 11.7 Å². The maximum Gasteiger partial charge on any atom is 0.319 e. The Morgan fingerprint density at radius 1 is 1.24 bits per heavy atom. The molecule has 0 fully saturated rings. The third-order valence-electron chi connectivity index (χ3n) is 2.99. The summed E-state index contributed by atoms with van der Waals surface area (Å²) >= 11 is 0. The molecule has 3 N–H and O–H groups in total. The Morgan fingerprint density at radius 2 is 1.95 bits per heavy atom. The Kier molecular flexibility index (Phi) is 4.90. The quantitative estimate of drug-likeness (QED) is 0.809. The van der Waals surface area contributed by atoms with Crippen LogP contribution in [-0.2, 0) is 6.54 Å². The maximum absolute atomic E-state index is 12.8. The molecule has 0 aromatic heterocycles. The van der Waals surface area contributed by atoms with E-state index in [1.165, 1.54) is 12.1 Å². The van der Waals surface area contributed by atoms with E-state index in [0.717, 1.165) is 11.1 Å². The van der Waals surface area contributed by atoms with Gasteiger partial charge in [0.25, 0.3) is 0 Å². The van der Waals surface area contributed by atoms with E-state index in [-0.39, 0.29) is 11.8 Å².